The molecule has 4 rings (SSSR count). The lowest BCUT2D eigenvalue weighted by molar-refractivity contribution is -0.116. The lowest BCUT2D eigenvalue weighted by Gasteiger charge is -2.28. The van der Waals surface area contributed by atoms with E-state index in [-0.39, 0.29) is 23.0 Å². The topological polar surface area (TPSA) is 90.1 Å². The van der Waals surface area contributed by atoms with E-state index < -0.39 is 11.2 Å². The van der Waals surface area contributed by atoms with Crippen LogP contribution >= 0.6 is 23.5 Å². The Morgan fingerprint density at radius 3 is 2.72 bits per heavy atom. The number of hydrogen-bond donors (Lipinski definition) is 0. The predicted molar refractivity (Wildman–Crippen MR) is 129 cm³/mol. The second-order valence-electron chi connectivity index (χ2n) is 8.08. The summed E-state index contributed by atoms with van der Waals surface area (Å²) in [4.78, 5) is 50.6. The first-order valence-electron chi connectivity index (χ1n) is 10.4. The number of aromatic nitrogens is 4. The molecule has 168 valence electrons. The third-order valence-corrected chi connectivity index (χ3v) is 7.17. The molecule has 0 bridgehead atoms. The number of rotatable bonds is 5. The number of carbonyl (C=O) groups is 1. The molecule has 0 unspecified atom stereocenters. The average molecular weight is 472 g/mol. The molecule has 0 fully saturated rings. The lowest BCUT2D eigenvalue weighted by Crippen LogP contribution is -2.40. The summed E-state index contributed by atoms with van der Waals surface area (Å²) >= 11 is 2.96. The average Bonchev–Trinajstić information content (AvgIpc) is 2.77. The first-order chi connectivity index (χ1) is 15.3. The van der Waals surface area contributed by atoms with Crippen LogP contribution < -0.4 is 16.1 Å². The van der Waals surface area contributed by atoms with E-state index in [0.717, 1.165) is 20.9 Å². The van der Waals surface area contributed by atoms with Crippen molar-refractivity contribution in [1.82, 2.24) is 19.1 Å². The number of hydrogen-bond acceptors (Lipinski definition) is 7. The summed E-state index contributed by atoms with van der Waals surface area (Å²) in [7, 11) is 1.46. The van der Waals surface area contributed by atoms with Crippen molar-refractivity contribution in [3.05, 3.63) is 50.9 Å². The Bertz CT molecular complexity index is 1320. The fourth-order valence-electron chi connectivity index (χ4n) is 3.71. The van der Waals surface area contributed by atoms with Crippen molar-refractivity contribution in [2.24, 2.45) is 13.0 Å². The van der Waals surface area contributed by atoms with Crippen LogP contribution in [0.15, 0.2) is 43.8 Å². The second kappa shape index (κ2) is 9.11. The zero-order valence-electron chi connectivity index (χ0n) is 18.5. The van der Waals surface area contributed by atoms with Gasteiger partial charge < -0.3 is 4.90 Å². The molecule has 0 N–H and O–H groups in total. The van der Waals surface area contributed by atoms with E-state index in [9.17, 15) is 14.4 Å². The van der Waals surface area contributed by atoms with Crippen LogP contribution in [-0.2, 0) is 18.4 Å². The van der Waals surface area contributed by atoms with Gasteiger partial charge in [0.05, 0.1) is 11.4 Å². The van der Waals surface area contributed by atoms with Gasteiger partial charge in [0, 0.05) is 30.8 Å². The first-order valence-corrected chi connectivity index (χ1v) is 12.4. The molecule has 10 heteroatoms. The van der Waals surface area contributed by atoms with Crippen molar-refractivity contribution in [3.63, 3.8) is 0 Å². The van der Waals surface area contributed by atoms with Gasteiger partial charge in [-0.1, -0.05) is 37.7 Å². The predicted octanol–water partition coefficient (Wildman–Crippen LogP) is 2.69. The molecule has 1 aliphatic heterocycles. The number of benzene rings is 1. The van der Waals surface area contributed by atoms with E-state index in [1.54, 1.807) is 23.6 Å². The zero-order chi connectivity index (χ0) is 23.0. The molecule has 3 aromatic rings. The molecular formula is C22H25N5O3S2. The van der Waals surface area contributed by atoms with Gasteiger partial charge in [0.1, 0.15) is 16.2 Å². The summed E-state index contributed by atoms with van der Waals surface area (Å²) in [6.45, 7) is 6.80. The summed E-state index contributed by atoms with van der Waals surface area (Å²) in [5, 5.41) is 0.712. The Balaban J connectivity index is 1.71. The van der Waals surface area contributed by atoms with Crippen LogP contribution in [0.4, 0.5) is 5.69 Å². The van der Waals surface area contributed by atoms with Crippen molar-refractivity contribution in [2.45, 2.75) is 37.2 Å². The summed E-state index contributed by atoms with van der Waals surface area (Å²) in [6.07, 6.45) is 0. The third-order valence-electron chi connectivity index (χ3n) is 5.17. The lowest BCUT2D eigenvalue weighted by atomic mass is 10.2. The SMILES string of the molecule is Cc1nc(SCC(=O)N2CCSc3ccccc32)c2c(=O)n(C)c(=O)n(CC(C)C)c2n1. The second-order valence-corrected chi connectivity index (χ2v) is 10.2. The number of thioether (sulfide) groups is 2. The van der Waals surface area contributed by atoms with Gasteiger partial charge in [-0.05, 0) is 25.0 Å². The highest BCUT2D eigenvalue weighted by Gasteiger charge is 2.24. The van der Waals surface area contributed by atoms with Crippen molar-refractivity contribution in [1.29, 1.82) is 0 Å². The van der Waals surface area contributed by atoms with Crippen LogP contribution in [0.3, 0.4) is 0 Å². The summed E-state index contributed by atoms with van der Waals surface area (Å²) < 4.78 is 2.62. The van der Waals surface area contributed by atoms with E-state index in [1.165, 1.54) is 23.4 Å². The number of aryl methyl sites for hydroxylation is 1. The molecule has 1 aliphatic rings. The number of carbonyl (C=O) groups excluding carboxylic acids is 1. The number of anilines is 1. The molecule has 0 radical (unpaired) electrons. The molecule has 0 saturated carbocycles. The Labute approximate surface area is 194 Å². The maximum absolute atomic E-state index is 13.1. The van der Waals surface area contributed by atoms with Crippen LogP contribution in [0.1, 0.15) is 19.7 Å². The van der Waals surface area contributed by atoms with Gasteiger partial charge in [0.25, 0.3) is 5.56 Å². The number of amides is 1. The molecule has 0 aliphatic carbocycles. The molecule has 3 heterocycles. The van der Waals surface area contributed by atoms with Crippen molar-refractivity contribution in [3.8, 4) is 0 Å². The van der Waals surface area contributed by atoms with Crippen LogP contribution in [0.5, 0.6) is 0 Å². The molecule has 0 atom stereocenters. The first kappa shape index (κ1) is 22.6. The Morgan fingerprint density at radius 1 is 1.22 bits per heavy atom. The van der Waals surface area contributed by atoms with Crippen molar-refractivity contribution in [2.75, 3.05) is 23.0 Å². The quantitative estimate of drug-likeness (QED) is 0.417. The monoisotopic (exact) mass is 471 g/mol. The molecule has 1 amide bonds. The highest BCUT2D eigenvalue weighted by Crippen LogP contribution is 2.35. The fourth-order valence-corrected chi connectivity index (χ4v) is 5.64. The highest BCUT2D eigenvalue weighted by molar-refractivity contribution is 8.00. The van der Waals surface area contributed by atoms with Gasteiger partial charge in [-0.15, -0.1) is 11.8 Å². The maximum atomic E-state index is 13.1. The summed E-state index contributed by atoms with van der Waals surface area (Å²) in [5.41, 5.74) is 0.400. The largest absolute Gasteiger partial charge is 0.332 e. The highest BCUT2D eigenvalue weighted by atomic mass is 32.2. The third kappa shape index (κ3) is 4.21. The van der Waals surface area contributed by atoms with Gasteiger partial charge in [0.15, 0.2) is 5.65 Å². The van der Waals surface area contributed by atoms with Gasteiger partial charge in [-0.25, -0.2) is 14.8 Å². The Kier molecular flexibility index (Phi) is 6.43. The summed E-state index contributed by atoms with van der Waals surface area (Å²) in [5.74, 6) is 1.58. The number of nitrogens with zero attached hydrogens (tertiary/aromatic N) is 5. The molecular weight excluding hydrogens is 446 g/mol. The number of para-hydroxylation sites is 1. The van der Waals surface area contributed by atoms with E-state index in [0.29, 0.717) is 29.6 Å². The normalized spacial score (nSPS) is 13.6. The summed E-state index contributed by atoms with van der Waals surface area (Å²) in [6, 6.07) is 7.87. The van der Waals surface area contributed by atoms with Crippen molar-refractivity contribution >= 4 is 46.2 Å². The molecule has 0 saturated heterocycles. The molecule has 1 aromatic carbocycles. The minimum absolute atomic E-state index is 0.0421. The molecule has 8 nitrogen and oxygen atoms in total. The Hall–Kier alpha value is -2.59. The molecule has 0 spiro atoms. The zero-order valence-corrected chi connectivity index (χ0v) is 20.1. The van der Waals surface area contributed by atoms with Crippen molar-refractivity contribution < 1.29 is 4.79 Å². The van der Waals surface area contributed by atoms with Gasteiger partial charge in [-0.2, -0.15) is 0 Å². The standard InChI is InChI=1S/C22H25N5O3S2/c1-13(2)11-27-19-18(21(29)25(4)22(27)30)20(24-14(3)23-19)32-12-17(28)26-9-10-31-16-8-6-5-7-15(16)26/h5-8,13H,9-12H2,1-4H3. The van der Waals surface area contributed by atoms with Crippen LogP contribution in [0.25, 0.3) is 11.0 Å². The van der Waals surface area contributed by atoms with Crippen LogP contribution in [0.2, 0.25) is 0 Å². The van der Waals surface area contributed by atoms with Crippen LogP contribution in [-0.4, -0.2) is 43.1 Å². The van der Waals surface area contributed by atoms with Crippen LogP contribution in [0, 0.1) is 12.8 Å². The molecule has 2 aromatic heterocycles. The van der Waals surface area contributed by atoms with Gasteiger partial charge >= 0.3 is 5.69 Å². The van der Waals surface area contributed by atoms with Gasteiger partial charge in [0.2, 0.25) is 5.91 Å². The number of fused-ring (bicyclic) bond motifs is 2. The fraction of sp³-hybridized carbons (Fsp3) is 0.409. The minimum Gasteiger partial charge on any atom is -0.310 e. The van der Waals surface area contributed by atoms with E-state index >= 15 is 0 Å². The van der Waals surface area contributed by atoms with E-state index in [2.05, 4.69) is 9.97 Å². The molecule has 32 heavy (non-hydrogen) atoms. The van der Waals surface area contributed by atoms with Gasteiger partial charge in [-0.3, -0.25) is 18.7 Å². The smallest absolute Gasteiger partial charge is 0.310 e. The Morgan fingerprint density at radius 2 is 1.97 bits per heavy atom. The maximum Gasteiger partial charge on any atom is 0.332 e. The van der Waals surface area contributed by atoms with E-state index in [4.69, 9.17) is 0 Å². The minimum atomic E-state index is -0.445. The van der Waals surface area contributed by atoms with E-state index in [1.807, 2.05) is 38.1 Å².